The Morgan fingerprint density at radius 3 is 2.71 bits per heavy atom. The highest BCUT2D eigenvalue weighted by atomic mass is 16.5. The molecule has 4 heteroatoms. The summed E-state index contributed by atoms with van der Waals surface area (Å²) < 4.78 is 5.43. The van der Waals surface area contributed by atoms with E-state index in [1.54, 1.807) is 0 Å². The van der Waals surface area contributed by atoms with Crippen molar-refractivity contribution in [3.63, 3.8) is 0 Å². The summed E-state index contributed by atoms with van der Waals surface area (Å²) >= 11 is 0. The van der Waals surface area contributed by atoms with Crippen LogP contribution < -0.4 is 15.0 Å². The highest BCUT2D eigenvalue weighted by molar-refractivity contribution is 5.57. The summed E-state index contributed by atoms with van der Waals surface area (Å²) in [6.07, 6.45) is 0. The standard InChI is InChI=1S/C17H19N3O/c1-20(2)16-8-5-7-15(12-16)19-13-14-6-3-4-9-17(14)21-11-10-18/h3-9,12,19H,11,13H2,1-2H3. The molecule has 0 aliphatic heterocycles. The van der Waals surface area contributed by atoms with Gasteiger partial charge in [0, 0.05) is 37.6 Å². The van der Waals surface area contributed by atoms with Gasteiger partial charge in [0.15, 0.2) is 6.61 Å². The molecule has 0 aromatic heterocycles. The Bertz CT molecular complexity index is 632. The summed E-state index contributed by atoms with van der Waals surface area (Å²) in [7, 11) is 4.04. The van der Waals surface area contributed by atoms with E-state index in [1.807, 2.05) is 56.6 Å². The summed E-state index contributed by atoms with van der Waals surface area (Å²) in [6, 6.07) is 18.0. The largest absolute Gasteiger partial charge is 0.478 e. The minimum atomic E-state index is 0.0626. The molecule has 108 valence electrons. The number of nitrogens with one attached hydrogen (secondary N) is 1. The number of rotatable bonds is 6. The van der Waals surface area contributed by atoms with Gasteiger partial charge in [-0.3, -0.25) is 0 Å². The van der Waals surface area contributed by atoms with Crippen LogP contribution in [0.3, 0.4) is 0 Å². The average Bonchev–Trinajstić information content (AvgIpc) is 2.52. The van der Waals surface area contributed by atoms with Crippen molar-refractivity contribution in [2.45, 2.75) is 6.54 Å². The van der Waals surface area contributed by atoms with E-state index in [2.05, 4.69) is 22.3 Å². The second-order valence-electron chi connectivity index (χ2n) is 4.85. The molecule has 21 heavy (non-hydrogen) atoms. The Balaban J connectivity index is 2.06. The van der Waals surface area contributed by atoms with Crippen LogP contribution >= 0.6 is 0 Å². The molecule has 0 saturated carbocycles. The van der Waals surface area contributed by atoms with Crippen LogP contribution in [0.4, 0.5) is 11.4 Å². The maximum Gasteiger partial charge on any atom is 0.174 e. The van der Waals surface area contributed by atoms with Crippen molar-refractivity contribution in [1.82, 2.24) is 0 Å². The first-order chi connectivity index (χ1) is 10.2. The topological polar surface area (TPSA) is 48.3 Å². The van der Waals surface area contributed by atoms with Gasteiger partial charge < -0.3 is 15.0 Å². The van der Waals surface area contributed by atoms with Crippen molar-refractivity contribution in [3.05, 3.63) is 54.1 Å². The molecule has 0 unspecified atom stereocenters. The molecule has 0 saturated heterocycles. The van der Waals surface area contributed by atoms with Gasteiger partial charge in [0.25, 0.3) is 0 Å². The van der Waals surface area contributed by atoms with Gasteiger partial charge in [-0.25, -0.2) is 0 Å². The first kappa shape index (κ1) is 14.7. The van der Waals surface area contributed by atoms with Gasteiger partial charge >= 0.3 is 0 Å². The van der Waals surface area contributed by atoms with Crippen molar-refractivity contribution >= 4 is 11.4 Å². The molecular weight excluding hydrogens is 262 g/mol. The smallest absolute Gasteiger partial charge is 0.174 e. The molecule has 0 aliphatic rings. The third kappa shape index (κ3) is 4.15. The molecule has 2 aromatic rings. The summed E-state index contributed by atoms with van der Waals surface area (Å²) in [5.41, 5.74) is 3.23. The lowest BCUT2D eigenvalue weighted by atomic mass is 10.2. The molecule has 0 amide bonds. The van der Waals surface area contributed by atoms with Gasteiger partial charge in [0.2, 0.25) is 0 Å². The molecule has 0 bridgehead atoms. The number of benzene rings is 2. The van der Waals surface area contributed by atoms with Crippen LogP contribution in [0.5, 0.6) is 5.75 Å². The lowest BCUT2D eigenvalue weighted by Gasteiger charge is -2.15. The minimum absolute atomic E-state index is 0.0626. The van der Waals surface area contributed by atoms with Crippen molar-refractivity contribution in [1.29, 1.82) is 5.26 Å². The molecule has 4 nitrogen and oxygen atoms in total. The Kier molecular flexibility index (Phi) is 5.05. The van der Waals surface area contributed by atoms with E-state index in [4.69, 9.17) is 10.00 Å². The summed E-state index contributed by atoms with van der Waals surface area (Å²) in [5, 5.41) is 12.0. The third-order valence-corrected chi connectivity index (χ3v) is 3.11. The molecule has 1 N–H and O–H groups in total. The summed E-state index contributed by atoms with van der Waals surface area (Å²) in [6.45, 7) is 0.714. The maximum absolute atomic E-state index is 8.61. The normalized spacial score (nSPS) is 9.76. The van der Waals surface area contributed by atoms with Gasteiger partial charge in [0.1, 0.15) is 11.8 Å². The monoisotopic (exact) mass is 281 g/mol. The van der Waals surface area contributed by atoms with Crippen LogP contribution in [0, 0.1) is 11.3 Å². The number of nitrogens with zero attached hydrogens (tertiary/aromatic N) is 2. The Labute approximate surface area is 125 Å². The van der Waals surface area contributed by atoms with Crippen molar-refractivity contribution in [2.24, 2.45) is 0 Å². The average molecular weight is 281 g/mol. The molecule has 0 fully saturated rings. The summed E-state index contributed by atoms with van der Waals surface area (Å²) in [5.74, 6) is 0.746. The van der Waals surface area contributed by atoms with E-state index in [-0.39, 0.29) is 6.61 Å². The Morgan fingerprint density at radius 1 is 1.14 bits per heavy atom. The Morgan fingerprint density at radius 2 is 1.95 bits per heavy atom. The van der Waals surface area contributed by atoms with E-state index in [1.165, 1.54) is 0 Å². The van der Waals surface area contributed by atoms with E-state index in [0.717, 1.165) is 22.7 Å². The van der Waals surface area contributed by atoms with Crippen LogP contribution in [0.1, 0.15) is 5.56 Å². The zero-order valence-electron chi connectivity index (χ0n) is 12.3. The van der Waals surface area contributed by atoms with Gasteiger partial charge in [-0.05, 0) is 24.3 Å². The lowest BCUT2D eigenvalue weighted by molar-refractivity contribution is 0.364. The first-order valence-corrected chi connectivity index (χ1v) is 6.79. The number of hydrogen-bond acceptors (Lipinski definition) is 4. The first-order valence-electron chi connectivity index (χ1n) is 6.79. The van der Waals surface area contributed by atoms with Gasteiger partial charge in [-0.2, -0.15) is 5.26 Å². The quantitative estimate of drug-likeness (QED) is 0.883. The fraction of sp³-hybridized carbons (Fsp3) is 0.235. The number of hydrogen-bond donors (Lipinski definition) is 1. The van der Waals surface area contributed by atoms with Crippen LogP contribution in [-0.2, 0) is 6.54 Å². The lowest BCUT2D eigenvalue weighted by Crippen LogP contribution is -2.09. The third-order valence-electron chi connectivity index (χ3n) is 3.11. The molecule has 2 rings (SSSR count). The minimum Gasteiger partial charge on any atom is -0.478 e. The highest BCUT2D eigenvalue weighted by Crippen LogP contribution is 2.21. The molecule has 0 radical (unpaired) electrons. The Hall–Kier alpha value is -2.67. The van der Waals surface area contributed by atoms with Crippen LogP contribution in [0.25, 0.3) is 0 Å². The second kappa shape index (κ2) is 7.20. The number of nitriles is 1. The van der Waals surface area contributed by atoms with E-state index in [9.17, 15) is 0 Å². The van der Waals surface area contributed by atoms with Gasteiger partial charge in [-0.1, -0.05) is 24.3 Å². The zero-order valence-corrected chi connectivity index (χ0v) is 12.3. The van der Waals surface area contributed by atoms with Gasteiger partial charge in [0.05, 0.1) is 0 Å². The molecule has 2 aromatic carbocycles. The van der Waals surface area contributed by atoms with Crippen molar-refractivity contribution < 1.29 is 4.74 Å². The number of ether oxygens (including phenoxy) is 1. The van der Waals surface area contributed by atoms with E-state index in [0.29, 0.717) is 6.54 Å². The highest BCUT2D eigenvalue weighted by Gasteiger charge is 2.03. The molecule has 0 heterocycles. The number of anilines is 2. The van der Waals surface area contributed by atoms with Crippen LogP contribution in [0.15, 0.2) is 48.5 Å². The maximum atomic E-state index is 8.61. The molecule has 0 spiro atoms. The predicted molar refractivity (Wildman–Crippen MR) is 85.6 cm³/mol. The second-order valence-corrected chi connectivity index (χ2v) is 4.85. The SMILES string of the molecule is CN(C)c1cccc(NCc2ccccc2OCC#N)c1. The van der Waals surface area contributed by atoms with E-state index >= 15 is 0 Å². The zero-order chi connectivity index (χ0) is 15.1. The van der Waals surface area contributed by atoms with Crippen LogP contribution in [0.2, 0.25) is 0 Å². The molecule has 0 atom stereocenters. The van der Waals surface area contributed by atoms with Crippen molar-refractivity contribution in [2.75, 3.05) is 30.9 Å². The molecule has 0 aliphatic carbocycles. The van der Waals surface area contributed by atoms with Crippen molar-refractivity contribution in [3.8, 4) is 11.8 Å². The van der Waals surface area contributed by atoms with E-state index < -0.39 is 0 Å². The fourth-order valence-electron chi connectivity index (χ4n) is 1.99. The fourth-order valence-corrected chi connectivity index (χ4v) is 1.99. The van der Waals surface area contributed by atoms with Gasteiger partial charge in [-0.15, -0.1) is 0 Å². The van der Waals surface area contributed by atoms with Crippen LogP contribution in [-0.4, -0.2) is 20.7 Å². The number of para-hydroxylation sites is 1. The molecular formula is C17H19N3O. The predicted octanol–water partition coefficient (Wildman–Crippen LogP) is 3.27. The summed E-state index contributed by atoms with van der Waals surface area (Å²) in [4.78, 5) is 2.06.